The molecule has 114 valence electrons. The van der Waals surface area contributed by atoms with Crippen molar-refractivity contribution in [2.45, 2.75) is 13.5 Å². The Morgan fingerprint density at radius 1 is 1.29 bits per heavy atom. The molecule has 0 saturated carbocycles. The number of oxazole rings is 1. The minimum absolute atomic E-state index is 0.242. The first kappa shape index (κ1) is 14.7. The predicted octanol–water partition coefficient (Wildman–Crippen LogP) is 1.82. The monoisotopic (exact) mass is 307 g/mol. The van der Waals surface area contributed by atoms with Crippen molar-refractivity contribution in [3.8, 4) is 11.5 Å². The highest BCUT2D eigenvalue weighted by atomic mass is 32.1. The molecule has 0 aromatic carbocycles. The Kier molecular flexibility index (Phi) is 4.70. The number of β-amino-alcohol motifs (C(OH)–C–C–N with tert-alkyl or cyclic N) is 1. The standard InChI is InChI=1S/C15H21N3O2S/c1-12-14(16-15(20-12)13-2-9-21-11-13)10-18-5-3-17(4-6-18)7-8-19/h2,9,11,19H,3-8,10H2,1H3. The van der Waals surface area contributed by atoms with Gasteiger partial charge < -0.3 is 9.52 Å². The molecule has 0 radical (unpaired) electrons. The van der Waals surface area contributed by atoms with Gasteiger partial charge in [0.15, 0.2) is 0 Å². The summed E-state index contributed by atoms with van der Waals surface area (Å²) in [7, 11) is 0. The van der Waals surface area contributed by atoms with Crippen LogP contribution in [-0.4, -0.2) is 59.2 Å². The molecule has 6 heteroatoms. The van der Waals surface area contributed by atoms with Crippen LogP contribution in [0.1, 0.15) is 11.5 Å². The van der Waals surface area contributed by atoms with Crippen LogP contribution in [0.25, 0.3) is 11.5 Å². The maximum absolute atomic E-state index is 8.97. The summed E-state index contributed by atoms with van der Waals surface area (Å²) in [5, 5.41) is 13.1. The van der Waals surface area contributed by atoms with Crippen LogP contribution in [-0.2, 0) is 6.54 Å². The van der Waals surface area contributed by atoms with Crippen molar-refractivity contribution in [1.82, 2.24) is 14.8 Å². The average Bonchev–Trinajstić information content (AvgIpc) is 3.12. The van der Waals surface area contributed by atoms with E-state index < -0.39 is 0 Å². The number of aliphatic hydroxyl groups excluding tert-OH is 1. The van der Waals surface area contributed by atoms with E-state index in [0.29, 0.717) is 0 Å². The van der Waals surface area contributed by atoms with Crippen molar-refractivity contribution < 1.29 is 9.52 Å². The Labute approximate surface area is 128 Å². The number of aryl methyl sites for hydroxylation is 1. The zero-order valence-electron chi connectivity index (χ0n) is 12.3. The summed E-state index contributed by atoms with van der Waals surface area (Å²) in [6.45, 7) is 7.89. The lowest BCUT2D eigenvalue weighted by molar-refractivity contribution is 0.107. The van der Waals surface area contributed by atoms with Gasteiger partial charge in [-0.25, -0.2) is 4.98 Å². The molecule has 1 fully saturated rings. The van der Waals surface area contributed by atoms with Gasteiger partial charge in [-0.2, -0.15) is 11.3 Å². The maximum Gasteiger partial charge on any atom is 0.227 e. The van der Waals surface area contributed by atoms with Crippen LogP contribution < -0.4 is 0 Å². The molecule has 1 N–H and O–H groups in total. The highest BCUT2D eigenvalue weighted by molar-refractivity contribution is 7.08. The number of nitrogens with zero attached hydrogens (tertiary/aromatic N) is 3. The molecule has 1 aliphatic rings. The lowest BCUT2D eigenvalue weighted by atomic mass is 10.2. The quantitative estimate of drug-likeness (QED) is 0.913. The smallest absolute Gasteiger partial charge is 0.227 e. The fraction of sp³-hybridized carbons (Fsp3) is 0.533. The highest BCUT2D eigenvalue weighted by Crippen LogP contribution is 2.24. The van der Waals surface area contributed by atoms with Gasteiger partial charge in [0.2, 0.25) is 5.89 Å². The number of aliphatic hydroxyl groups is 1. The van der Waals surface area contributed by atoms with Gasteiger partial charge in [-0.1, -0.05) is 0 Å². The topological polar surface area (TPSA) is 52.7 Å². The summed E-state index contributed by atoms with van der Waals surface area (Å²) < 4.78 is 5.79. The first-order valence-corrected chi connectivity index (χ1v) is 8.25. The average molecular weight is 307 g/mol. The zero-order chi connectivity index (χ0) is 14.7. The summed E-state index contributed by atoms with van der Waals surface area (Å²) >= 11 is 1.65. The van der Waals surface area contributed by atoms with Crippen LogP contribution in [0.2, 0.25) is 0 Å². The van der Waals surface area contributed by atoms with Gasteiger partial charge in [0.05, 0.1) is 12.3 Å². The summed E-state index contributed by atoms with van der Waals surface area (Å²) in [6.07, 6.45) is 0. The van der Waals surface area contributed by atoms with Crippen LogP contribution in [0.15, 0.2) is 21.2 Å². The second-order valence-corrected chi connectivity index (χ2v) is 6.16. The molecule has 0 amide bonds. The predicted molar refractivity (Wildman–Crippen MR) is 83.4 cm³/mol. The van der Waals surface area contributed by atoms with Crippen molar-refractivity contribution in [3.05, 3.63) is 28.3 Å². The second kappa shape index (κ2) is 6.70. The molecule has 2 aromatic rings. The Balaban J connectivity index is 1.61. The van der Waals surface area contributed by atoms with Gasteiger partial charge in [-0.15, -0.1) is 0 Å². The SMILES string of the molecule is Cc1oc(-c2ccsc2)nc1CN1CCN(CCO)CC1. The number of hydrogen-bond donors (Lipinski definition) is 1. The molecule has 3 rings (SSSR count). The Bertz CT molecular complexity index is 559. The third kappa shape index (κ3) is 3.52. The van der Waals surface area contributed by atoms with Gasteiger partial charge in [0.1, 0.15) is 5.76 Å². The molecule has 2 aromatic heterocycles. The normalized spacial score (nSPS) is 17.4. The lowest BCUT2D eigenvalue weighted by Crippen LogP contribution is -2.46. The van der Waals surface area contributed by atoms with E-state index in [4.69, 9.17) is 9.52 Å². The van der Waals surface area contributed by atoms with Crippen LogP contribution in [0, 0.1) is 6.92 Å². The molecule has 3 heterocycles. The van der Waals surface area contributed by atoms with Crippen molar-refractivity contribution in [3.63, 3.8) is 0 Å². The van der Waals surface area contributed by atoms with Crippen molar-refractivity contribution >= 4 is 11.3 Å². The van der Waals surface area contributed by atoms with Crippen molar-refractivity contribution in [2.75, 3.05) is 39.3 Å². The van der Waals surface area contributed by atoms with E-state index in [1.54, 1.807) is 11.3 Å². The van der Waals surface area contributed by atoms with Crippen LogP contribution in [0.3, 0.4) is 0 Å². The molecule has 1 saturated heterocycles. The van der Waals surface area contributed by atoms with Gasteiger partial charge in [-0.05, 0) is 18.4 Å². The second-order valence-electron chi connectivity index (χ2n) is 5.38. The fourth-order valence-electron chi connectivity index (χ4n) is 2.61. The van der Waals surface area contributed by atoms with Crippen LogP contribution in [0.4, 0.5) is 0 Å². The van der Waals surface area contributed by atoms with Gasteiger partial charge in [0.25, 0.3) is 0 Å². The number of rotatable bonds is 5. The summed E-state index contributed by atoms with van der Waals surface area (Å²) in [5.41, 5.74) is 2.09. The largest absolute Gasteiger partial charge is 0.441 e. The molecular weight excluding hydrogens is 286 g/mol. The third-order valence-corrected chi connectivity index (χ3v) is 4.60. The molecule has 0 bridgehead atoms. The van der Waals surface area contributed by atoms with Crippen LogP contribution >= 0.6 is 11.3 Å². The summed E-state index contributed by atoms with van der Waals surface area (Å²) in [5.74, 6) is 1.64. The molecule has 0 atom stereocenters. The molecule has 0 aliphatic carbocycles. The Morgan fingerprint density at radius 2 is 2.05 bits per heavy atom. The van der Waals surface area contributed by atoms with Crippen molar-refractivity contribution in [2.24, 2.45) is 0 Å². The van der Waals surface area contributed by atoms with E-state index in [0.717, 1.165) is 62.2 Å². The van der Waals surface area contributed by atoms with Crippen molar-refractivity contribution in [1.29, 1.82) is 0 Å². The molecule has 5 nitrogen and oxygen atoms in total. The van der Waals surface area contributed by atoms with E-state index in [-0.39, 0.29) is 6.61 Å². The Hall–Kier alpha value is -1.21. The number of thiophene rings is 1. The Morgan fingerprint density at radius 3 is 2.71 bits per heavy atom. The zero-order valence-corrected chi connectivity index (χ0v) is 13.1. The number of aromatic nitrogens is 1. The molecule has 1 aliphatic heterocycles. The summed E-state index contributed by atoms with van der Waals surface area (Å²) in [4.78, 5) is 9.34. The van der Waals surface area contributed by atoms with E-state index in [1.165, 1.54) is 0 Å². The molecule has 0 spiro atoms. The van der Waals surface area contributed by atoms with E-state index in [2.05, 4.69) is 20.2 Å². The van der Waals surface area contributed by atoms with E-state index in [1.807, 2.05) is 18.4 Å². The van der Waals surface area contributed by atoms with Gasteiger partial charge in [0, 0.05) is 50.2 Å². The van der Waals surface area contributed by atoms with Gasteiger partial charge >= 0.3 is 0 Å². The lowest BCUT2D eigenvalue weighted by Gasteiger charge is -2.33. The summed E-state index contributed by atoms with van der Waals surface area (Å²) in [6, 6.07) is 2.04. The number of hydrogen-bond acceptors (Lipinski definition) is 6. The molecule has 0 unspecified atom stereocenters. The molecular formula is C15H21N3O2S. The molecule has 21 heavy (non-hydrogen) atoms. The first-order valence-electron chi connectivity index (χ1n) is 7.30. The van der Waals surface area contributed by atoms with Crippen LogP contribution in [0.5, 0.6) is 0 Å². The number of piperazine rings is 1. The fourth-order valence-corrected chi connectivity index (χ4v) is 3.24. The minimum atomic E-state index is 0.242. The highest BCUT2D eigenvalue weighted by Gasteiger charge is 2.19. The van der Waals surface area contributed by atoms with E-state index >= 15 is 0 Å². The third-order valence-electron chi connectivity index (χ3n) is 3.92. The minimum Gasteiger partial charge on any atom is -0.441 e. The van der Waals surface area contributed by atoms with Gasteiger partial charge in [-0.3, -0.25) is 9.80 Å². The maximum atomic E-state index is 8.97. The van der Waals surface area contributed by atoms with E-state index in [9.17, 15) is 0 Å². The first-order chi connectivity index (χ1) is 10.3.